The van der Waals surface area contributed by atoms with Gasteiger partial charge >= 0.3 is 0 Å². The Bertz CT molecular complexity index is 741. The molecule has 132 valence electrons. The van der Waals surface area contributed by atoms with Crippen LogP contribution in [0.15, 0.2) is 47.1 Å². The Morgan fingerprint density at radius 3 is 2.60 bits per heavy atom. The first-order valence-corrected chi connectivity index (χ1v) is 8.80. The van der Waals surface area contributed by atoms with Crippen LogP contribution in [0.3, 0.4) is 0 Å². The standard InChI is InChI=1S/C20H23NO4/c1-24-17-6-3-2-5-14(17)11-19(22)21-15-8-9-16(21)13-20(23,12-15)18-7-4-10-25-18/h2-7,10,15-16,23H,8-9,11-13H2,1H3/t15-,16-/m0/s1. The Kier molecular flexibility index (Phi) is 4.04. The van der Waals surface area contributed by atoms with E-state index in [1.807, 2.05) is 35.2 Å². The van der Waals surface area contributed by atoms with E-state index in [2.05, 4.69) is 0 Å². The first-order valence-electron chi connectivity index (χ1n) is 8.80. The molecule has 0 aliphatic carbocycles. The molecule has 1 aromatic heterocycles. The first kappa shape index (κ1) is 16.2. The lowest BCUT2D eigenvalue weighted by molar-refractivity contribution is -0.142. The van der Waals surface area contributed by atoms with Crippen molar-refractivity contribution < 1.29 is 19.1 Å². The van der Waals surface area contributed by atoms with Gasteiger partial charge in [0.25, 0.3) is 0 Å². The molecule has 25 heavy (non-hydrogen) atoms. The van der Waals surface area contributed by atoms with Crippen LogP contribution >= 0.6 is 0 Å². The van der Waals surface area contributed by atoms with Gasteiger partial charge in [0.05, 0.1) is 19.8 Å². The minimum absolute atomic E-state index is 0.0658. The zero-order valence-corrected chi connectivity index (χ0v) is 14.4. The van der Waals surface area contributed by atoms with Gasteiger partial charge in [0.2, 0.25) is 5.91 Å². The fraction of sp³-hybridized carbons (Fsp3) is 0.450. The van der Waals surface area contributed by atoms with E-state index in [4.69, 9.17) is 9.15 Å². The van der Waals surface area contributed by atoms with E-state index in [9.17, 15) is 9.90 Å². The van der Waals surface area contributed by atoms with Crippen LogP contribution in [0.1, 0.15) is 37.0 Å². The summed E-state index contributed by atoms with van der Waals surface area (Å²) in [7, 11) is 1.62. The number of fused-ring (bicyclic) bond motifs is 2. The van der Waals surface area contributed by atoms with E-state index in [1.165, 1.54) is 0 Å². The maximum absolute atomic E-state index is 13.0. The lowest BCUT2D eigenvalue weighted by atomic mass is 9.84. The van der Waals surface area contributed by atoms with Gasteiger partial charge in [-0.25, -0.2) is 0 Å². The molecule has 3 heterocycles. The van der Waals surface area contributed by atoms with E-state index >= 15 is 0 Å². The summed E-state index contributed by atoms with van der Waals surface area (Å²) in [5, 5.41) is 11.0. The molecular formula is C20H23NO4. The number of amides is 1. The highest BCUT2D eigenvalue weighted by atomic mass is 16.5. The van der Waals surface area contributed by atoms with Gasteiger partial charge in [-0.1, -0.05) is 18.2 Å². The van der Waals surface area contributed by atoms with Gasteiger partial charge in [-0.3, -0.25) is 4.79 Å². The third-order valence-electron chi connectivity index (χ3n) is 5.57. The molecule has 2 atom stereocenters. The number of piperidine rings is 1. The number of aliphatic hydroxyl groups is 1. The van der Waals surface area contributed by atoms with Gasteiger partial charge in [0.1, 0.15) is 17.1 Å². The largest absolute Gasteiger partial charge is 0.496 e. The number of hydrogen-bond acceptors (Lipinski definition) is 4. The zero-order chi connectivity index (χ0) is 17.4. The Labute approximate surface area is 147 Å². The number of furan rings is 1. The number of carbonyl (C=O) groups is 1. The molecular weight excluding hydrogens is 318 g/mol. The van der Waals surface area contributed by atoms with Crippen LogP contribution in [0.25, 0.3) is 0 Å². The van der Waals surface area contributed by atoms with Gasteiger partial charge < -0.3 is 19.2 Å². The molecule has 1 aromatic carbocycles. The quantitative estimate of drug-likeness (QED) is 0.929. The number of methoxy groups -OCH3 is 1. The lowest BCUT2D eigenvalue weighted by Crippen LogP contribution is -2.52. The summed E-state index contributed by atoms with van der Waals surface area (Å²) in [5.41, 5.74) is -0.0578. The van der Waals surface area contributed by atoms with Crippen molar-refractivity contribution in [3.05, 3.63) is 54.0 Å². The second-order valence-electron chi connectivity index (χ2n) is 7.09. The van der Waals surface area contributed by atoms with E-state index in [0.29, 0.717) is 25.0 Å². The van der Waals surface area contributed by atoms with Crippen molar-refractivity contribution in [1.82, 2.24) is 4.90 Å². The summed E-state index contributed by atoms with van der Waals surface area (Å²) in [4.78, 5) is 14.9. The normalized spacial score (nSPS) is 28.2. The molecule has 2 bridgehead atoms. The molecule has 2 aliphatic rings. The lowest BCUT2D eigenvalue weighted by Gasteiger charge is -2.43. The summed E-state index contributed by atoms with van der Waals surface area (Å²) in [6.07, 6.45) is 4.87. The van der Waals surface area contributed by atoms with Crippen molar-refractivity contribution in [1.29, 1.82) is 0 Å². The van der Waals surface area contributed by atoms with Crippen molar-refractivity contribution in [2.24, 2.45) is 0 Å². The van der Waals surface area contributed by atoms with E-state index in [-0.39, 0.29) is 18.0 Å². The number of rotatable bonds is 4. The molecule has 4 rings (SSSR count). The van der Waals surface area contributed by atoms with Gasteiger partial charge in [0, 0.05) is 30.5 Å². The monoisotopic (exact) mass is 341 g/mol. The smallest absolute Gasteiger partial charge is 0.227 e. The van der Waals surface area contributed by atoms with E-state index in [1.54, 1.807) is 19.4 Å². The summed E-state index contributed by atoms with van der Waals surface area (Å²) < 4.78 is 10.8. The zero-order valence-electron chi connectivity index (χ0n) is 14.4. The molecule has 1 amide bonds. The van der Waals surface area contributed by atoms with Crippen LogP contribution in [-0.4, -0.2) is 35.1 Å². The maximum atomic E-state index is 13.0. The number of ether oxygens (including phenoxy) is 1. The molecule has 5 heteroatoms. The number of para-hydroxylation sites is 1. The average Bonchev–Trinajstić information content (AvgIpc) is 3.23. The van der Waals surface area contributed by atoms with Crippen molar-refractivity contribution >= 4 is 5.91 Å². The second-order valence-corrected chi connectivity index (χ2v) is 7.09. The molecule has 5 nitrogen and oxygen atoms in total. The third-order valence-corrected chi connectivity index (χ3v) is 5.57. The van der Waals surface area contributed by atoms with Crippen LogP contribution in [0.2, 0.25) is 0 Å². The molecule has 2 aliphatic heterocycles. The van der Waals surface area contributed by atoms with Gasteiger partial charge in [-0.15, -0.1) is 0 Å². The molecule has 2 fully saturated rings. The van der Waals surface area contributed by atoms with Crippen LogP contribution in [0, 0.1) is 0 Å². The average molecular weight is 341 g/mol. The molecule has 1 N–H and O–H groups in total. The topological polar surface area (TPSA) is 62.9 Å². The molecule has 0 unspecified atom stereocenters. The number of benzene rings is 1. The Hall–Kier alpha value is -2.27. The number of hydrogen-bond donors (Lipinski definition) is 1. The minimum Gasteiger partial charge on any atom is -0.496 e. The van der Waals surface area contributed by atoms with Crippen molar-refractivity contribution in [3.63, 3.8) is 0 Å². The summed E-state index contributed by atoms with van der Waals surface area (Å²) in [6.45, 7) is 0. The fourth-order valence-corrected chi connectivity index (χ4v) is 4.48. The Morgan fingerprint density at radius 1 is 1.24 bits per heavy atom. The Morgan fingerprint density at radius 2 is 1.96 bits per heavy atom. The number of nitrogens with zero attached hydrogens (tertiary/aromatic N) is 1. The van der Waals surface area contributed by atoms with Gasteiger partial charge in [0.15, 0.2) is 0 Å². The highest BCUT2D eigenvalue weighted by Gasteiger charge is 2.51. The third kappa shape index (κ3) is 2.82. The minimum atomic E-state index is -0.962. The van der Waals surface area contributed by atoms with E-state index in [0.717, 1.165) is 24.2 Å². The van der Waals surface area contributed by atoms with Crippen LogP contribution in [0.4, 0.5) is 0 Å². The Balaban J connectivity index is 1.52. The van der Waals surface area contributed by atoms with Gasteiger partial charge in [-0.05, 0) is 31.0 Å². The highest BCUT2D eigenvalue weighted by molar-refractivity contribution is 5.80. The molecule has 0 saturated carbocycles. The predicted octanol–water partition coefficient (Wildman–Crippen LogP) is 2.87. The first-order chi connectivity index (χ1) is 12.1. The fourth-order valence-electron chi connectivity index (χ4n) is 4.48. The van der Waals surface area contributed by atoms with Crippen molar-refractivity contribution in [2.75, 3.05) is 7.11 Å². The van der Waals surface area contributed by atoms with Crippen molar-refractivity contribution in [2.45, 2.75) is 49.8 Å². The number of carbonyl (C=O) groups excluding carboxylic acids is 1. The molecule has 2 aromatic rings. The van der Waals surface area contributed by atoms with Crippen LogP contribution in [0.5, 0.6) is 5.75 Å². The predicted molar refractivity (Wildman–Crippen MR) is 92.2 cm³/mol. The molecule has 2 saturated heterocycles. The summed E-state index contributed by atoms with van der Waals surface area (Å²) in [6, 6.07) is 11.4. The van der Waals surface area contributed by atoms with Crippen LogP contribution < -0.4 is 4.74 Å². The SMILES string of the molecule is COc1ccccc1CC(=O)N1[C@H]2CC[C@H]1CC(O)(c1ccco1)C2. The van der Waals surface area contributed by atoms with Crippen molar-refractivity contribution in [3.8, 4) is 5.75 Å². The van der Waals surface area contributed by atoms with E-state index < -0.39 is 5.60 Å². The van der Waals surface area contributed by atoms with Gasteiger partial charge in [-0.2, -0.15) is 0 Å². The molecule has 0 spiro atoms. The van der Waals surface area contributed by atoms with Crippen LogP contribution in [-0.2, 0) is 16.8 Å². The molecule has 0 radical (unpaired) electrons. The second kappa shape index (κ2) is 6.23. The highest BCUT2D eigenvalue weighted by Crippen LogP contribution is 2.46. The summed E-state index contributed by atoms with van der Waals surface area (Å²) >= 11 is 0. The summed E-state index contributed by atoms with van der Waals surface area (Å²) in [5.74, 6) is 1.46. The maximum Gasteiger partial charge on any atom is 0.227 e.